The molecule has 1 aliphatic rings. The Morgan fingerprint density at radius 2 is 2.08 bits per heavy atom. The van der Waals surface area contributed by atoms with E-state index in [2.05, 4.69) is 21.2 Å². The molecule has 68 valence electrons. The molecular formula is C10H10BrNO. The van der Waals surface area contributed by atoms with Crippen LogP contribution in [0.25, 0.3) is 0 Å². The lowest BCUT2D eigenvalue weighted by atomic mass is 9.99. The molecule has 1 heterocycles. The summed E-state index contributed by atoms with van der Waals surface area (Å²) >= 11 is 3.38. The average molecular weight is 240 g/mol. The van der Waals surface area contributed by atoms with E-state index in [-0.39, 0.29) is 5.78 Å². The van der Waals surface area contributed by atoms with Crippen molar-refractivity contribution in [3.05, 3.63) is 28.2 Å². The molecule has 1 N–H and O–H groups in total. The van der Waals surface area contributed by atoms with Crippen LogP contribution in [0.1, 0.15) is 24.2 Å². The summed E-state index contributed by atoms with van der Waals surface area (Å²) in [4.78, 5) is 11.8. The van der Waals surface area contributed by atoms with Crippen LogP contribution in [0.3, 0.4) is 0 Å². The Bertz CT molecular complexity index is 385. The van der Waals surface area contributed by atoms with Crippen LogP contribution in [0, 0.1) is 0 Å². The number of hydrogen-bond acceptors (Lipinski definition) is 2. The molecule has 0 aliphatic carbocycles. The van der Waals surface area contributed by atoms with E-state index in [0.717, 1.165) is 15.7 Å². The van der Waals surface area contributed by atoms with Crippen LogP contribution in [0.5, 0.6) is 0 Å². The molecule has 2 nitrogen and oxygen atoms in total. The van der Waals surface area contributed by atoms with Crippen molar-refractivity contribution in [2.24, 2.45) is 0 Å². The predicted octanol–water partition coefficient (Wildman–Crippen LogP) is 2.84. The van der Waals surface area contributed by atoms with Crippen molar-refractivity contribution in [3.8, 4) is 0 Å². The minimum Gasteiger partial charge on any atom is -0.372 e. The molecule has 1 aromatic carbocycles. The van der Waals surface area contributed by atoms with Gasteiger partial charge in [0, 0.05) is 10.2 Å². The minimum absolute atomic E-state index is 0.148. The van der Waals surface area contributed by atoms with Crippen molar-refractivity contribution in [1.29, 1.82) is 0 Å². The Morgan fingerprint density at radius 1 is 1.38 bits per heavy atom. The first kappa shape index (κ1) is 8.75. The molecule has 0 aromatic heterocycles. The topological polar surface area (TPSA) is 29.1 Å². The number of ketones is 1. The molecule has 0 saturated carbocycles. The normalized spacial score (nSPS) is 18.2. The van der Waals surface area contributed by atoms with Crippen molar-refractivity contribution in [1.82, 2.24) is 0 Å². The summed E-state index contributed by atoms with van der Waals surface area (Å²) in [6.45, 7) is 3.78. The molecule has 0 bridgehead atoms. The maximum absolute atomic E-state index is 11.8. The lowest BCUT2D eigenvalue weighted by Gasteiger charge is -2.15. The Kier molecular flexibility index (Phi) is 1.74. The van der Waals surface area contributed by atoms with E-state index in [1.165, 1.54) is 0 Å². The number of carbonyl (C=O) groups excluding carboxylic acids is 1. The first-order valence-electron chi connectivity index (χ1n) is 4.14. The van der Waals surface area contributed by atoms with Crippen LogP contribution in [0.2, 0.25) is 0 Å². The first-order valence-corrected chi connectivity index (χ1v) is 4.93. The fourth-order valence-corrected chi connectivity index (χ4v) is 2.11. The smallest absolute Gasteiger partial charge is 0.190 e. The highest BCUT2D eigenvalue weighted by Crippen LogP contribution is 2.36. The van der Waals surface area contributed by atoms with Gasteiger partial charge in [0.25, 0.3) is 0 Å². The van der Waals surface area contributed by atoms with Crippen LogP contribution < -0.4 is 5.32 Å². The monoisotopic (exact) mass is 239 g/mol. The number of fused-ring (bicyclic) bond motifs is 1. The molecule has 3 heteroatoms. The molecule has 0 unspecified atom stereocenters. The zero-order valence-electron chi connectivity index (χ0n) is 7.52. The van der Waals surface area contributed by atoms with E-state index < -0.39 is 5.54 Å². The quantitative estimate of drug-likeness (QED) is 0.755. The minimum atomic E-state index is -0.466. The van der Waals surface area contributed by atoms with Gasteiger partial charge in [-0.2, -0.15) is 0 Å². The number of Topliss-reactive ketones (excluding diaryl/α,β-unsaturated/α-hetero) is 1. The van der Waals surface area contributed by atoms with Crippen molar-refractivity contribution in [3.63, 3.8) is 0 Å². The van der Waals surface area contributed by atoms with Gasteiger partial charge in [0.2, 0.25) is 0 Å². The number of hydrogen-bond donors (Lipinski definition) is 1. The molecule has 0 radical (unpaired) electrons. The van der Waals surface area contributed by atoms with Crippen molar-refractivity contribution in [2.75, 3.05) is 5.32 Å². The average Bonchev–Trinajstić information content (AvgIpc) is 2.24. The lowest BCUT2D eigenvalue weighted by Crippen LogP contribution is -2.33. The SMILES string of the molecule is CC1(C)Nc2cccc(Br)c2C1=O. The van der Waals surface area contributed by atoms with E-state index in [4.69, 9.17) is 0 Å². The highest BCUT2D eigenvalue weighted by Gasteiger charge is 2.37. The summed E-state index contributed by atoms with van der Waals surface area (Å²) < 4.78 is 0.869. The molecule has 13 heavy (non-hydrogen) atoms. The van der Waals surface area contributed by atoms with Crippen LogP contribution in [0.15, 0.2) is 22.7 Å². The molecule has 0 atom stereocenters. The van der Waals surface area contributed by atoms with Gasteiger partial charge in [-0.25, -0.2) is 0 Å². The maximum Gasteiger partial charge on any atom is 0.190 e. The van der Waals surface area contributed by atoms with Gasteiger partial charge in [0.05, 0.1) is 11.1 Å². The third-order valence-corrected chi connectivity index (χ3v) is 2.92. The van der Waals surface area contributed by atoms with Crippen LogP contribution in [0.4, 0.5) is 5.69 Å². The molecule has 0 amide bonds. The van der Waals surface area contributed by atoms with E-state index in [0.29, 0.717) is 0 Å². The van der Waals surface area contributed by atoms with Gasteiger partial charge in [-0.05, 0) is 41.9 Å². The fourth-order valence-electron chi connectivity index (χ4n) is 1.57. The zero-order valence-corrected chi connectivity index (χ0v) is 9.10. The number of halogens is 1. The number of nitrogens with one attached hydrogen (secondary N) is 1. The summed E-state index contributed by atoms with van der Waals surface area (Å²) in [6, 6.07) is 5.73. The molecule has 1 aliphatic heterocycles. The Balaban J connectivity index is 2.64. The van der Waals surface area contributed by atoms with Crippen molar-refractivity contribution in [2.45, 2.75) is 19.4 Å². The fraction of sp³-hybridized carbons (Fsp3) is 0.300. The predicted molar refractivity (Wildman–Crippen MR) is 56.2 cm³/mol. The highest BCUT2D eigenvalue weighted by atomic mass is 79.9. The summed E-state index contributed by atoms with van der Waals surface area (Å²) in [5.41, 5.74) is 1.23. The van der Waals surface area contributed by atoms with E-state index in [9.17, 15) is 4.79 Å². The number of carbonyl (C=O) groups is 1. The molecule has 0 spiro atoms. The number of anilines is 1. The highest BCUT2D eigenvalue weighted by molar-refractivity contribution is 9.10. The lowest BCUT2D eigenvalue weighted by molar-refractivity contribution is 0.0939. The molecule has 0 saturated heterocycles. The number of benzene rings is 1. The van der Waals surface area contributed by atoms with Gasteiger partial charge >= 0.3 is 0 Å². The molecule has 1 aromatic rings. The van der Waals surface area contributed by atoms with Gasteiger partial charge in [0.1, 0.15) is 0 Å². The zero-order chi connectivity index (χ0) is 9.64. The summed E-state index contributed by atoms with van der Waals surface area (Å²) in [5, 5.41) is 3.18. The maximum atomic E-state index is 11.8. The second kappa shape index (κ2) is 2.58. The van der Waals surface area contributed by atoms with E-state index >= 15 is 0 Å². The van der Waals surface area contributed by atoms with E-state index in [1.807, 2.05) is 32.0 Å². The third kappa shape index (κ3) is 1.18. The molecule has 0 fully saturated rings. The standard InChI is InChI=1S/C10H10BrNO/c1-10(2)9(13)8-6(11)4-3-5-7(8)12-10/h3-5,12H,1-2H3. The Morgan fingerprint density at radius 3 is 2.69 bits per heavy atom. The van der Waals surface area contributed by atoms with Gasteiger partial charge in [0.15, 0.2) is 5.78 Å². The molecule has 2 rings (SSSR count). The summed E-state index contributed by atoms with van der Waals surface area (Å²) in [5.74, 6) is 0.148. The van der Waals surface area contributed by atoms with Gasteiger partial charge in [-0.3, -0.25) is 4.79 Å². The first-order chi connectivity index (χ1) is 6.02. The van der Waals surface area contributed by atoms with Crippen LogP contribution in [-0.4, -0.2) is 11.3 Å². The third-order valence-electron chi connectivity index (χ3n) is 2.26. The van der Waals surface area contributed by atoms with Crippen molar-refractivity contribution >= 4 is 27.4 Å². The Labute approximate surface area is 85.5 Å². The summed E-state index contributed by atoms with van der Waals surface area (Å²) in [6.07, 6.45) is 0. The van der Waals surface area contributed by atoms with Gasteiger partial charge in [-0.1, -0.05) is 6.07 Å². The second-order valence-corrected chi connectivity index (χ2v) is 4.60. The van der Waals surface area contributed by atoms with Gasteiger partial charge in [-0.15, -0.1) is 0 Å². The van der Waals surface area contributed by atoms with Gasteiger partial charge < -0.3 is 5.32 Å². The largest absolute Gasteiger partial charge is 0.372 e. The van der Waals surface area contributed by atoms with Crippen LogP contribution in [-0.2, 0) is 0 Å². The van der Waals surface area contributed by atoms with Crippen LogP contribution >= 0.6 is 15.9 Å². The van der Waals surface area contributed by atoms with E-state index in [1.54, 1.807) is 0 Å². The summed E-state index contributed by atoms with van der Waals surface area (Å²) in [7, 11) is 0. The Hall–Kier alpha value is -0.830. The number of rotatable bonds is 0. The van der Waals surface area contributed by atoms with Crippen molar-refractivity contribution < 1.29 is 4.79 Å². The molecular weight excluding hydrogens is 230 g/mol. The second-order valence-electron chi connectivity index (χ2n) is 3.74.